The van der Waals surface area contributed by atoms with E-state index >= 15 is 0 Å². The predicted octanol–water partition coefficient (Wildman–Crippen LogP) is 6.67. The third-order valence-electron chi connectivity index (χ3n) is 3.98. The molecule has 29 heavy (non-hydrogen) atoms. The first-order valence-electron chi connectivity index (χ1n) is 8.94. The van der Waals surface area contributed by atoms with Crippen molar-refractivity contribution in [1.29, 1.82) is 0 Å². The van der Waals surface area contributed by atoms with Crippen LogP contribution in [-0.4, -0.2) is 13.0 Å². The molecule has 1 heterocycles. The monoisotopic (exact) mass is 420 g/mol. The Morgan fingerprint density at radius 2 is 0.931 bits per heavy atom. The highest BCUT2D eigenvalue weighted by Gasteiger charge is 2.12. The molecular formula is C24H20O3S2. The van der Waals surface area contributed by atoms with Crippen LogP contribution in [0.15, 0.2) is 119 Å². The first-order chi connectivity index (χ1) is 14.0. The van der Waals surface area contributed by atoms with Gasteiger partial charge in [-0.15, -0.1) is 11.3 Å². The predicted molar refractivity (Wildman–Crippen MR) is 122 cm³/mol. The van der Waals surface area contributed by atoms with Crippen molar-refractivity contribution in [2.75, 3.05) is 0 Å². The minimum Gasteiger partial charge on any atom is -0.281 e. The maximum absolute atomic E-state index is 10.8. The number of rotatable bonds is 1. The van der Waals surface area contributed by atoms with Gasteiger partial charge in [0.15, 0.2) is 0 Å². The standard InChI is InChI=1S/C10H8.C8H6O3S2.C6H6/c1-2-6-10-8-4-3-7-9(10)5-1;9-13(10,11)8-5-6-3-1-2-4-7(6)12-8;1-2-4-6-5-3-1/h1-8H;1-5H,(H,9,10,11);1-6H. The van der Waals surface area contributed by atoms with Gasteiger partial charge in [0.1, 0.15) is 4.21 Å². The lowest BCUT2D eigenvalue weighted by molar-refractivity contribution is 0.485. The van der Waals surface area contributed by atoms with Gasteiger partial charge in [-0.25, -0.2) is 0 Å². The summed E-state index contributed by atoms with van der Waals surface area (Å²) in [6.45, 7) is 0. The molecule has 5 rings (SSSR count). The SMILES string of the molecule is O=S(=O)(O)c1cc2ccccc2s1.c1ccc2ccccc2c1.c1ccccc1. The van der Waals surface area contributed by atoms with E-state index in [0.717, 1.165) is 21.4 Å². The van der Waals surface area contributed by atoms with Gasteiger partial charge < -0.3 is 0 Å². The van der Waals surface area contributed by atoms with Crippen LogP contribution in [0, 0.1) is 0 Å². The highest BCUT2D eigenvalue weighted by Crippen LogP contribution is 2.28. The van der Waals surface area contributed by atoms with Crippen molar-refractivity contribution < 1.29 is 13.0 Å². The van der Waals surface area contributed by atoms with E-state index in [-0.39, 0.29) is 4.21 Å². The molecule has 0 atom stereocenters. The molecule has 1 aromatic heterocycles. The zero-order valence-electron chi connectivity index (χ0n) is 15.5. The molecule has 0 aliphatic heterocycles. The van der Waals surface area contributed by atoms with Crippen molar-refractivity contribution in [3.63, 3.8) is 0 Å². The Balaban J connectivity index is 0.000000133. The minimum absolute atomic E-state index is 0.00583. The molecule has 0 unspecified atom stereocenters. The van der Waals surface area contributed by atoms with Gasteiger partial charge in [-0.3, -0.25) is 4.55 Å². The second-order valence-electron chi connectivity index (χ2n) is 6.08. The molecule has 0 amide bonds. The van der Waals surface area contributed by atoms with Crippen molar-refractivity contribution in [2.45, 2.75) is 4.21 Å². The fourth-order valence-corrected chi connectivity index (χ4v) is 4.36. The van der Waals surface area contributed by atoms with Gasteiger partial charge in [0, 0.05) is 4.70 Å². The van der Waals surface area contributed by atoms with Crippen molar-refractivity contribution in [3.05, 3.63) is 115 Å². The topological polar surface area (TPSA) is 54.4 Å². The van der Waals surface area contributed by atoms with Gasteiger partial charge in [0.25, 0.3) is 0 Å². The van der Waals surface area contributed by atoms with Crippen LogP contribution in [0.5, 0.6) is 0 Å². The van der Waals surface area contributed by atoms with E-state index in [1.54, 1.807) is 6.07 Å². The summed E-state index contributed by atoms with van der Waals surface area (Å²) in [5.74, 6) is 0. The second kappa shape index (κ2) is 9.98. The number of fused-ring (bicyclic) bond motifs is 2. The van der Waals surface area contributed by atoms with Crippen molar-refractivity contribution in [3.8, 4) is 0 Å². The fourth-order valence-electron chi connectivity index (χ4n) is 2.60. The summed E-state index contributed by atoms with van der Waals surface area (Å²) in [6.07, 6.45) is 0. The lowest BCUT2D eigenvalue weighted by Crippen LogP contribution is -1.92. The highest BCUT2D eigenvalue weighted by atomic mass is 32.3. The zero-order valence-corrected chi connectivity index (χ0v) is 17.2. The average molecular weight is 421 g/mol. The Morgan fingerprint density at radius 3 is 1.31 bits per heavy atom. The summed E-state index contributed by atoms with van der Waals surface area (Å²) in [6, 6.07) is 37.4. The second-order valence-corrected chi connectivity index (χ2v) is 8.81. The highest BCUT2D eigenvalue weighted by molar-refractivity contribution is 7.88. The van der Waals surface area contributed by atoms with E-state index in [1.165, 1.54) is 16.8 Å². The van der Waals surface area contributed by atoms with Crippen molar-refractivity contribution in [2.24, 2.45) is 0 Å². The minimum atomic E-state index is -4.05. The van der Waals surface area contributed by atoms with Crippen molar-refractivity contribution in [1.82, 2.24) is 0 Å². The molecular weight excluding hydrogens is 400 g/mol. The van der Waals surface area contributed by atoms with Crippen molar-refractivity contribution >= 4 is 42.3 Å². The van der Waals surface area contributed by atoms with Gasteiger partial charge in [-0.2, -0.15) is 8.42 Å². The molecule has 5 heteroatoms. The molecule has 0 bridgehead atoms. The first-order valence-corrected chi connectivity index (χ1v) is 11.2. The number of benzene rings is 4. The van der Waals surface area contributed by atoms with E-state index in [9.17, 15) is 8.42 Å². The summed E-state index contributed by atoms with van der Waals surface area (Å²) in [7, 11) is -4.05. The van der Waals surface area contributed by atoms with Gasteiger partial charge in [0.05, 0.1) is 0 Å². The third kappa shape index (κ3) is 6.26. The Morgan fingerprint density at radius 1 is 0.552 bits per heavy atom. The Labute approximate surface area is 174 Å². The summed E-state index contributed by atoms with van der Waals surface area (Å²) in [5, 5.41) is 3.45. The number of thiophene rings is 1. The first kappa shape index (κ1) is 20.7. The van der Waals surface area contributed by atoms with Gasteiger partial charge in [0.2, 0.25) is 0 Å². The molecule has 0 radical (unpaired) electrons. The Bertz CT molecular complexity index is 1150. The van der Waals surface area contributed by atoms with Crippen LogP contribution in [0.3, 0.4) is 0 Å². The number of hydrogen-bond acceptors (Lipinski definition) is 3. The molecule has 4 aromatic carbocycles. The molecule has 0 saturated heterocycles. The summed E-state index contributed by atoms with van der Waals surface area (Å²) >= 11 is 1.07. The maximum Gasteiger partial charge on any atom is 0.304 e. The lowest BCUT2D eigenvalue weighted by Gasteiger charge is -1.92. The molecule has 0 saturated carbocycles. The van der Waals surface area contributed by atoms with Gasteiger partial charge >= 0.3 is 10.1 Å². The average Bonchev–Trinajstić information content (AvgIpc) is 3.21. The molecule has 0 aliphatic rings. The maximum atomic E-state index is 10.8. The van der Waals surface area contributed by atoms with E-state index in [4.69, 9.17) is 4.55 Å². The van der Waals surface area contributed by atoms with E-state index in [1.807, 2.05) is 54.6 Å². The Hall–Kier alpha value is -2.99. The van der Waals surface area contributed by atoms with Gasteiger partial charge in [-0.05, 0) is 28.3 Å². The van der Waals surface area contributed by atoms with Crippen LogP contribution in [0.2, 0.25) is 0 Å². The van der Waals surface area contributed by atoms with Crippen LogP contribution in [0.25, 0.3) is 20.9 Å². The van der Waals surface area contributed by atoms with Crippen LogP contribution < -0.4 is 0 Å². The Kier molecular flexibility index (Phi) is 7.14. The zero-order chi connectivity index (χ0) is 20.5. The van der Waals surface area contributed by atoms with Crippen LogP contribution in [-0.2, 0) is 10.1 Å². The summed E-state index contributed by atoms with van der Waals surface area (Å²) < 4.78 is 31.2. The third-order valence-corrected chi connectivity index (χ3v) is 6.40. The van der Waals surface area contributed by atoms with Crippen LogP contribution in [0.4, 0.5) is 0 Å². The smallest absolute Gasteiger partial charge is 0.281 e. The normalized spacial score (nSPS) is 10.5. The number of hydrogen-bond donors (Lipinski definition) is 1. The quantitative estimate of drug-likeness (QED) is 0.308. The lowest BCUT2D eigenvalue weighted by atomic mass is 10.1. The van der Waals surface area contributed by atoms with Crippen LogP contribution >= 0.6 is 11.3 Å². The van der Waals surface area contributed by atoms with E-state index < -0.39 is 10.1 Å². The van der Waals surface area contributed by atoms with E-state index in [0.29, 0.717) is 0 Å². The van der Waals surface area contributed by atoms with E-state index in [2.05, 4.69) is 48.5 Å². The summed E-state index contributed by atoms with van der Waals surface area (Å²) in [5.41, 5.74) is 0. The molecule has 5 aromatic rings. The molecule has 3 nitrogen and oxygen atoms in total. The van der Waals surface area contributed by atoms with Crippen LogP contribution in [0.1, 0.15) is 0 Å². The fraction of sp³-hybridized carbons (Fsp3) is 0. The molecule has 1 N–H and O–H groups in total. The molecule has 0 aliphatic carbocycles. The molecule has 0 fully saturated rings. The molecule has 0 spiro atoms. The largest absolute Gasteiger partial charge is 0.304 e. The molecule has 146 valence electrons. The van der Waals surface area contributed by atoms with Gasteiger partial charge in [-0.1, -0.05) is 103 Å². The summed E-state index contributed by atoms with van der Waals surface area (Å²) in [4.78, 5) is 0.